The molecule has 1 atom stereocenters. The average Bonchev–Trinajstić information content (AvgIpc) is 3.04. The summed E-state index contributed by atoms with van der Waals surface area (Å²) >= 11 is 0. The lowest BCUT2D eigenvalue weighted by Gasteiger charge is -2.41. The monoisotopic (exact) mass is 599 g/mol. The fourth-order valence-electron chi connectivity index (χ4n) is 7.20. The van der Waals surface area contributed by atoms with Crippen LogP contribution in [-0.2, 0) is 9.59 Å². The first-order valence-electron chi connectivity index (χ1n) is 18.9. The van der Waals surface area contributed by atoms with E-state index in [-0.39, 0.29) is 5.92 Å². The second kappa shape index (κ2) is 25.0. The van der Waals surface area contributed by atoms with Crippen LogP contribution in [0.4, 0.5) is 0 Å². The van der Waals surface area contributed by atoms with E-state index in [4.69, 9.17) is 0 Å². The first-order valence-corrected chi connectivity index (χ1v) is 18.9. The molecule has 2 aliphatic heterocycles. The lowest BCUT2D eigenvalue weighted by atomic mass is 9.85. The maximum absolute atomic E-state index is 13.1. The number of carbonyl (C=O) groups is 2. The Labute approximate surface area is 267 Å². The maximum Gasteiger partial charge on any atom is 0.136 e. The van der Waals surface area contributed by atoms with E-state index in [1.807, 2.05) is 0 Å². The van der Waals surface area contributed by atoms with Crippen molar-refractivity contribution in [3.8, 4) is 0 Å². The molecule has 4 nitrogen and oxygen atoms in total. The minimum Gasteiger partial charge on any atom is -0.303 e. The number of nitrogens with zero attached hydrogens (tertiary/aromatic N) is 2. The number of piperidine rings is 2. The van der Waals surface area contributed by atoms with Crippen LogP contribution in [0.1, 0.15) is 162 Å². The molecular weight excluding hydrogens is 528 g/mol. The van der Waals surface area contributed by atoms with Gasteiger partial charge in [-0.3, -0.25) is 9.59 Å². The van der Waals surface area contributed by atoms with Crippen molar-refractivity contribution in [1.82, 2.24) is 9.80 Å². The number of hydrogen-bond acceptors (Lipinski definition) is 4. The number of allylic oxidation sites excluding steroid dienone is 4. The predicted octanol–water partition coefficient (Wildman–Crippen LogP) is 10.1. The molecule has 43 heavy (non-hydrogen) atoms. The summed E-state index contributed by atoms with van der Waals surface area (Å²) in [6.45, 7) is 12.6. The second-order valence-electron chi connectivity index (χ2n) is 13.7. The topological polar surface area (TPSA) is 40.6 Å². The summed E-state index contributed by atoms with van der Waals surface area (Å²) in [5.74, 6) is 1.74. The highest BCUT2D eigenvalue weighted by Gasteiger charge is 2.30. The summed E-state index contributed by atoms with van der Waals surface area (Å²) in [5.41, 5.74) is 0. The van der Waals surface area contributed by atoms with Gasteiger partial charge in [0.2, 0.25) is 0 Å². The van der Waals surface area contributed by atoms with E-state index in [1.54, 1.807) is 0 Å². The third-order valence-corrected chi connectivity index (χ3v) is 10.2. The van der Waals surface area contributed by atoms with E-state index in [0.29, 0.717) is 23.9 Å². The molecule has 2 heterocycles. The highest BCUT2D eigenvalue weighted by molar-refractivity contribution is 5.81. The molecule has 0 spiro atoms. The molecule has 0 bridgehead atoms. The van der Waals surface area contributed by atoms with Crippen LogP contribution in [0, 0.1) is 11.8 Å². The highest BCUT2D eigenvalue weighted by Crippen LogP contribution is 2.27. The van der Waals surface area contributed by atoms with Crippen LogP contribution >= 0.6 is 0 Å². The largest absolute Gasteiger partial charge is 0.303 e. The maximum atomic E-state index is 13.1. The molecule has 0 aromatic heterocycles. The molecule has 2 aliphatic rings. The summed E-state index contributed by atoms with van der Waals surface area (Å²) in [6.07, 6.45) is 33.9. The zero-order chi connectivity index (χ0) is 31.0. The molecule has 0 radical (unpaired) electrons. The number of Topliss-reactive ketones (excluding diaryl/α,β-unsaturated/α-hetero) is 2. The summed E-state index contributed by atoms with van der Waals surface area (Å²) in [5, 5.41) is 0. The second-order valence-corrected chi connectivity index (χ2v) is 13.7. The summed E-state index contributed by atoms with van der Waals surface area (Å²) in [6, 6.07) is 0.732. The Balaban J connectivity index is 1.48. The third-order valence-electron chi connectivity index (χ3n) is 10.2. The first-order chi connectivity index (χ1) is 21.1. The number of ketones is 2. The van der Waals surface area contributed by atoms with Crippen LogP contribution in [0.5, 0.6) is 0 Å². The van der Waals surface area contributed by atoms with E-state index in [2.05, 4.69) is 54.9 Å². The van der Waals surface area contributed by atoms with E-state index >= 15 is 0 Å². The average molecular weight is 599 g/mol. The van der Waals surface area contributed by atoms with Gasteiger partial charge < -0.3 is 9.80 Å². The van der Waals surface area contributed by atoms with Gasteiger partial charge in [-0.15, -0.1) is 0 Å². The minimum absolute atomic E-state index is 0.272. The smallest absolute Gasteiger partial charge is 0.136 e. The quantitative estimate of drug-likeness (QED) is 0.0774. The predicted molar refractivity (Wildman–Crippen MR) is 186 cm³/mol. The Morgan fingerprint density at radius 2 is 1.28 bits per heavy atom. The fourth-order valence-corrected chi connectivity index (χ4v) is 7.20. The molecule has 0 saturated carbocycles. The Morgan fingerprint density at radius 1 is 0.651 bits per heavy atom. The fraction of sp³-hybridized carbons (Fsp3) is 0.846. The Kier molecular flexibility index (Phi) is 22.0. The van der Waals surface area contributed by atoms with Gasteiger partial charge in [0, 0.05) is 31.2 Å². The van der Waals surface area contributed by atoms with Gasteiger partial charge >= 0.3 is 0 Å². The van der Waals surface area contributed by atoms with Gasteiger partial charge in [-0.25, -0.2) is 0 Å². The molecule has 0 aromatic carbocycles. The van der Waals surface area contributed by atoms with Crippen LogP contribution in [-0.4, -0.2) is 60.1 Å². The summed E-state index contributed by atoms with van der Waals surface area (Å²) in [7, 11) is 0. The molecule has 2 fully saturated rings. The number of likely N-dealkylation sites (tertiary alicyclic amines) is 2. The molecule has 248 valence electrons. The summed E-state index contributed by atoms with van der Waals surface area (Å²) in [4.78, 5) is 30.9. The van der Waals surface area contributed by atoms with Crippen LogP contribution in [0.15, 0.2) is 24.3 Å². The van der Waals surface area contributed by atoms with Crippen LogP contribution < -0.4 is 0 Å². The molecule has 0 amide bonds. The number of rotatable bonds is 25. The van der Waals surface area contributed by atoms with Gasteiger partial charge in [0.15, 0.2) is 0 Å². The Morgan fingerprint density at radius 3 is 1.93 bits per heavy atom. The molecular formula is C39H70N2O2. The van der Waals surface area contributed by atoms with Gasteiger partial charge in [-0.2, -0.15) is 0 Å². The van der Waals surface area contributed by atoms with E-state index in [0.717, 1.165) is 83.3 Å². The standard InChI is InChI=1S/C39H70N2O2/c1-4-7-8-9-10-11-12-13-14-15-16-17-18-19-20-22-38(42)25-23-35(21-5-2)24-26-39(43)36-27-33-41(34-28-36)37-29-31-40(6-3)32-30-37/h10-11,13-14,35-37H,4-9,12,15-34H2,1-3H3/b11-10-,14-13-. The van der Waals surface area contributed by atoms with Crippen molar-refractivity contribution in [1.29, 1.82) is 0 Å². The van der Waals surface area contributed by atoms with E-state index < -0.39 is 0 Å². The van der Waals surface area contributed by atoms with Crippen molar-refractivity contribution in [3.05, 3.63) is 24.3 Å². The van der Waals surface area contributed by atoms with Crippen molar-refractivity contribution in [2.45, 2.75) is 168 Å². The Hall–Kier alpha value is -1.26. The molecule has 1 unspecified atom stereocenters. The van der Waals surface area contributed by atoms with Gasteiger partial charge in [0.25, 0.3) is 0 Å². The van der Waals surface area contributed by atoms with Gasteiger partial charge in [0.05, 0.1) is 0 Å². The van der Waals surface area contributed by atoms with Gasteiger partial charge in [0.1, 0.15) is 11.6 Å². The molecule has 4 heteroatoms. The van der Waals surface area contributed by atoms with E-state index in [1.165, 1.54) is 90.3 Å². The Bertz CT molecular complexity index is 759. The summed E-state index contributed by atoms with van der Waals surface area (Å²) < 4.78 is 0. The SMILES string of the molecule is CCCCC/C=C\C/C=C\CCCCCCCC(=O)CCC(CCC)CCC(=O)C1CCN(C2CCN(CC)CC2)CC1. The molecule has 0 N–H and O–H groups in total. The van der Waals surface area contributed by atoms with Crippen LogP contribution in [0.2, 0.25) is 0 Å². The van der Waals surface area contributed by atoms with Crippen molar-refractivity contribution in [2.75, 3.05) is 32.7 Å². The van der Waals surface area contributed by atoms with Crippen LogP contribution in [0.3, 0.4) is 0 Å². The normalized spacial score (nSPS) is 18.7. The highest BCUT2D eigenvalue weighted by atomic mass is 16.1. The van der Waals surface area contributed by atoms with Gasteiger partial charge in [-0.05, 0) is 116 Å². The zero-order valence-electron chi connectivity index (χ0n) is 28.8. The van der Waals surface area contributed by atoms with Gasteiger partial charge in [-0.1, -0.05) is 90.0 Å². The molecule has 0 aromatic rings. The first kappa shape index (κ1) is 37.9. The van der Waals surface area contributed by atoms with Crippen molar-refractivity contribution in [3.63, 3.8) is 0 Å². The molecule has 2 rings (SSSR count). The number of unbranched alkanes of at least 4 members (excludes halogenated alkanes) is 8. The van der Waals surface area contributed by atoms with Crippen molar-refractivity contribution >= 4 is 11.6 Å². The zero-order valence-corrected chi connectivity index (χ0v) is 28.8. The lowest BCUT2D eigenvalue weighted by Crippen LogP contribution is -2.48. The van der Waals surface area contributed by atoms with E-state index in [9.17, 15) is 9.59 Å². The van der Waals surface area contributed by atoms with Crippen molar-refractivity contribution in [2.24, 2.45) is 11.8 Å². The van der Waals surface area contributed by atoms with Crippen LogP contribution in [0.25, 0.3) is 0 Å². The number of carbonyl (C=O) groups excluding carboxylic acids is 2. The molecule has 2 saturated heterocycles. The number of hydrogen-bond donors (Lipinski definition) is 0. The van der Waals surface area contributed by atoms with Crippen molar-refractivity contribution < 1.29 is 9.59 Å². The lowest BCUT2D eigenvalue weighted by molar-refractivity contribution is -0.124. The molecule has 0 aliphatic carbocycles. The third kappa shape index (κ3) is 17.7. The minimum atomic E-state index is 0.272.